The highest BCUT2D eigenvalue weighted by Crippen LogP contribution is 2.76. The molecule has 4 aliphatic carbocycles. The van der Waals surface area contributed by atoms with Crippen LogP contribution in [0.3, 0.4) is 0 Å². The van der Waals surface area contributed by atoms with E-state index >= 15 is 0 Å². The van der Waals surface area contributed by atoms with E-state index in [9.17, 15) is 14.4 Å². The first kappa shape index (κ1) is 29.6. The summed E-state index contributed by atoms with van der Waals surface area (Å²) in [7, 11) is 0. The molecule has 6 nitrogen and oxygen atoms in total. The molecule has 1 aliphatic heterocycles. The molecule has 0 aromatic carbocycles. The van der Waals surface area contributed by atoms with Crippen LogP contribution < -0.4 is 0 Å². The number of rotatable bonds is 6. The summed E-state index contributed by atoms with van der Waals surface area (Å²) in [6.07, 6.45) is 10.0. The maximum absolute atomic E-state index is 14.2. The highest BCUT2D eigenvalue weighted by atomic mass is 16.6. The lowest BCUT2D eigenvalue weighted by Crippen LogP contribution is -2.59. The van der Waals surface area contributed by atoms with Crippen molar-refractivity contribution in [1.29, 1.82) is 0 Å². The van der Waals surface area contributed by atoms with Gasteiger partial charge in [-0.2, -0.15) is 0 Å². The first-order valence-electron chi connectivity index (χ1n) is 15.8. The minimum absolute atomic E-state index is 0.0486. The van der Waals surface area contributed by atoms with Crippen molar-refractivity contribution < 1.29 is 28.6 Å². The van der Waals surface area contributed by atoms with Crippen molar-refractivity contribution in [3.8, 4) is 0 Å². The molecular formula is C34H52O6. The van der Waals surface area contributed by atoms with Crippen LogP contribution in [0.1, 0.15) is 120 Å². The number of hydrogen-bond donors (Lipinski definition) is 0. The van der Waals surface area contributed by atoms with Gasteiger partial charge in [-0.3, -0.25) is 14.4 Å². The maximum atomic E-state index is 14.2. The van der Waals surface area contributed by atoms with Crippen molar-refractivity contribution in [2.75, 3.05) is 0 Å². The molecule has 5 rings (SSSR count). The molecule has 40 heavy (non-hydrogen) atoms. The summed E-state index contributed by atoms with van der Waals surface area (Å²) >= 11 is 0. The highest BCUT2D eigenvalue weighted by molar-refractivity contribution is 5.84. The normalized spacial score (nSPS) is 45.0. The molecule has 4 fully saturated rings. The molecule has 1 heterocycles. The van der Waals surface area contributed by atoms with Crippen molar-refractivity contribution in [1.82, 2.24) is 0 Å². The second-order valence-electron chi connectivity index (χ2n) is 15.6. The zero-order valence-corrected chi connectivity index (χ0v) is 26.4. The van der Waals surface area contributed by atoms with Crippen molar-refractivity contribution >= 4 is 17.9 Å². The number of cyclic esters (lactones) is 1. The van der Waals surface area contributed by atoms with Crippen LogP contribution in [0.2, 0.25) is 0 Å². The van der Waals surface area contributed by atoms with Gasteiger partial charge in [0.2, 0.25) is 0 Å². The SMILES string of the molecule is CC(=O)O[C@H]1C[C@@]2(C)C3=CC[C@H]4C(C)(C)[C@@H](OC(C)=O)CC[C@]4(C)[C@@H]3CC[C@@]23C(=O)O[C@@](C)(CCCC(C)C)[C@@H]13. The highest BCUT2D eigenvalue weighted by Gasteiger charge is 2.79. The number of esters is 3. The van der Waals surface area contributed by atoms with E-state index in [2.05, 4.69) is 54.5 Å². The average Bonchev–Trinajstić information content (AvgIpc) is 3.22. The predicted molar refractivity (Wildman–Crippen MR) is 153 cm³/mol. The summed E-state index contributed by atoms with van der Waals surface area (Å²) in [6, 6.07) is 0. The molecule has 0 radical (unpaired) electrons. The zero-order valence-electron chi connectivity index (χ0n) is 26.4. The molecule has 1 saturated heterocycles. The quantitative estimate of drug-likeness (QED) is 0.196. The minimum Gasteiger partial charge on any atom is -0.462 e. The number of carbonyl (C=O) groups excluding carboxylic acids is 3. The Morgan fingerprint density at radius 2 is 1.70 bits per heavy atom. The Morgan fingerprint density at radius 3 is 2.33 bits per heavy atom. The third kappa shape index (κ3) is 4.04. The van der Waals surface area contributed by atoms with Gasteiger partial charge in [-0.1, -0.05) is 59.6 Å². The van der Waals surface area contributed by atoms with Crippen LogP contribution in [-0.2, 0) is 28.6 Å². The Bertz CT molecular complexity index is 1110. The molecule has 224 valence electrons. The van der Waals surface area contributed by atoms with E-state index < -0.39 is 16.4 Å². The second-order valence-corrected chi connectivity index (χ2v) is 15.6. The van der Waals surface area contributed by atoms with Gasteiger partial charge in [0.1, 0.15) is 17.8 Å². The van der Waals surface area contributed by atoms with Gasteiger partial charge in [0.15, 0.2) is 0 Å². The number of ether oxygens (including phenoxy) is 3. The average molecular weight is 557 g/mol. The number of hydrogen-bond acceptors (Lipinski definition) is 6. The smallest absolute Gasteiger partial charge is 0.314 e. The summed E-state index contributed by atoms with van der Waals surface area (Å²) in [6.45, 7) is 18.8. The van der Waals surface area contributed by atoms with E-state index in [-0.39, 0.29) is 46.9 Å². The van der Waals surface area contributed by atoms with Gasteiger partial charge in [-0.05, 0) is 81.5 Å². The van der Waals surface area contributed by atoms with E-state index in [1.807, 2.05) is 0 Å². The van der Waals surface area contributed by atoms with E-state index in [0.717, 1.165) is 51.4 Å². The molecule has 0 amide bonds. The van der Waals surface area contributed by atoms with Crippen LogP contribution in [0.15, 0.2) is 11.6 Å². The Hall–Kier alpha value is -1.85. The van der Waals surface area contributed by atoms with E-state index in [1.165, 1.54) is 19.4 Å². The van der Waals surface area contributed by atoms with Crippen molar-refractivity contribution in [3.05, 3.63) is 11.6 Å². The summed E-state index contributed by atoms with van der Waals surface area (Å²) in [5.74, 6) is 0.608. The third-order valence-corrected chi connectivity index (χ3v) is 12.6. The van der Waals surface area contributed by atoms with Crippen LogP contribution in [-0.4, -0.2) is 35.7 Å². The molecule has 0 N–H and O–H groups in total. The number of carbonyl (C=O) groups is 3. The summed E-state index contributed by atoms with van der Waals surface area (Å²) in [4.78, 5) is 38.5. The lowest BCUT2D eigenvalue weighted by molar-refractivity contribution is -0.176. The second kappa shape index (κ2) is 9.59. The van der Waals surface area contributed by atoms with Gasteiger partial charge in [0, 0.05) is 24.7 Å². The lowest BCUT2D eigenvalue weighted by Gasteiger charge is -2.63. The van der Waals surface area contributed by atoms with E-state index in [4.69, 9.17) is 14.2 Å². The van der Waals surface area contributed by atoms with Crippen molar-refractivity contribution in [3.63, 3.8) is 0 Å². The first-order chi connectivity index (χ1) is 18.5. The van der Waals surface area contributed by atoms with E-state index in [0.29, 0.717) is 24.2 Å². The summed E-state index contributed by atoms with van der Waals surface area (Å²) in [5.41, 5.74) is -0.428. The van der Waals surface area contributed by atoms with Crippen molar-refractivity contribution in [2.45, 2.75) is 138 Å². The Morgan fingerprint density at radius 1 is 1.02 bits per heavy atom. The molecule has 0 aromatic heterocycles. The van der Waals surface area contributed by atoms with E-state index in [1.54, 1.807) is 0 Å². The third-order valence-electron chi connectivity index (χ3n) is 12.6. The molecule has 3 saturated carbocycles. The summed E-state index contributed by atoms with van der Waals surface area (Å²) in [5, 5.41) is 0. The molecule has 0 bridgehead atoms. The van der Waals surface area contributed by atoms with Gasteiger partial charge in [-0.25, -0.2) is 0 Å². The Labute approximate surface area is 241 Å². The zero-order chi connectivity index (χ0) is 29.5. The van der Waals surface area contributed by atoms with Gasteiger partial charge < -0.3 is 14.2 Å². The topological polar surface area (TPSA) is 78.9 Å². The fraction of sp³-hybridized carbons (Fsp3) is 0.853. The fourth-order valence-electron chi connectivity index (χ4n) is 11.0. The molecule has 1 spiro atoms. The van der Waals surface area contributed by atoms with Crippen molar-refractivity contribution in [2.24, 2.45) is 45.3 Å². The van der Waals surface area contributed by atoms with Crippen LogP contribution in [0.5, 0.6) is 0 Å². The Kier molecular flexibility index (Phi) is 7.11. The lowest BCUT2D eigenvalue weighted by atomic mass is 9.41. The van der Waals surface area contributed by atoms with Gasteiger partial charge >= 0.3 is 17.9 Å². The van der Waals surface area contributed by atoms with Crippen LogP contribution >= 0.6 is 0 Å². The predicted octanol–water partition coefficient (Wildman–Crippen LogP) is 7.19. The standard InChI is InChI=1S/C34H52O6/c1-20(2)11-10-16-33(9)28-25(38-21(3)35)19-32(8)24-12-13-26-30(5,6)27(39-22(4)36)15-17-31(26,7)23(24)14-18-34(28,32)29(37)40-33/h12,20,23,25-28H,10-11,13-19H2,1-9H3/t23-,25+,26+,27+,28-,31-,32+,33+,34-/m1/s1. The minimum atomic E-state index is -0.671. The largest absolute Gasteiger partial charge is 0.462 e. The van der Waals surface area contributed by atoms with Gasteiger partial charge in [0.05, 0.1) is 11.3 Å². The van der Waals surface area contributed by atoms with Crippen LogP contribution in [0.4, 0.5) is 0 Å². The van der Waals surface area contributed by atoms with Gasteiger partial charge in [0.25, 0.3) is 0 Å². The maximum Gasteiger partial charge on any atom is 0.314 e. The number of allylic oxidation sites excluding steroid dienone is 2. The molecule has 0 aromatic rings. The first-order valence-corrected chi connectivity index (χ1v) is 15.8. The molecule has 9 atom stereocenters. The van der Waals surface area contributed by atoms with Gasteiger partial charge in [-0.15, -0.1) is 0 Å². The molecule has 5 aliphatic rings. The fourth-order valence-corrected chi connectivity index (χ4v) is 11.0. The molecule has 0 unspecified atom stereocenters. The monoisotopic (exact) mass is 556 g/mol. The summed E-state index contributed by atoms with van der Waals surface area (Å²) < 4.78 is 18.4. The molecule has 6 heteroatoms. The Balaban J connectivity index is 1.55. The van der Waals surface area contributed by atoms with Crippen LogP contribution in [0.25, 0.3) is 0 Å². The van der Waals surface area contributed by atoms with Crippen LogP contribution in [0, 0.1) is 45.3 Å². The number of fused-ring (bicyclic) bond motifs is 4. The molecular weight excluding hydrogens is 504 g/mol.